The summed E-state index contributed by atoms with van der Waals surface area (Å²) in [6, 6.07) is 8.64. The van der Waals surface area contributed by atoms with Gasteiger partial charge in [-0.05, 0) is 37.3 Å². The molecule has 0 aliphatic rings. The molecule has 156 valence electrons. The Morgan fingerprint density at radius 1 is 1.37 bits per heavy atom. The van der Waals surface area contributed by atoms with Crippen molar-refractivity contribution < 1.29 is 9.21 Å². The van der Waals surface area contributed by atoms with Gasteiger partial charge in [0.2, 0.25) is 11.5 Å². The fourth-order valence-electron chi connectivity index (χ4n) is 3.05. The third-order valence-electron chi connectivity index (χ3n) is 4.57. The van der Waals surface area contributed by atoms with Gasteiger partial charge in [0.15, 0.2) is 0 Å². The van der Waals surface area contributed by atoms with Gasteiger partial charge in [-0.2, -0.15) is 0 Å². The normalized spacial score (nSPS) is 11.2. The number of rotatable bonds is 6. The fraction of sp³-hybridized carbons (Fsp3) is 0.190. The smallest absolute Gasteiger partial charge is 0.248 e. The molecule has 2 heterocycles. The molecule has 0 aliphatic carbocycles. The summed E-state index contributed by atoms with van der Waals surface area (Å²) in [5.41, 5.74) is 8.49. The molecule has 0 saturated carbocycles. The van der Waals surface area contributed by atoms with Crippen molar-refractivity contribution in [2.45, 2.75) is 20.0 Å². The maximum Gasteiger partial charge on any atom is 0.248 e. The van der Waals surface area contributed by atoms with Gasteiger partial charge in [0.05, 0.1) is 23.5 Å². The Bertz CT molecular complexity index is 1150. The minimum absolute atomic E-state index is 0.0524. The van der Waals surface area contributed by atoms with Crippen LogP contribution in [0.2, 0.25) is 10.0 Å². The van der Waals surface area contributed by atoms with E-state index in [1.165, 1.54) is 21.7 Å². The maximum atomic E-state index is 12.6. The van der Waals surface area contributed by atoms with E-state index in [2.05, 4.69) is 4.98 Å². The van der Waals surface area contributed by atoms with Gasteiger partial charge in [-0.15, -0.1) is 0 Å². The van der Waals surface area contributed by atoms with Crippen molar-refractivity contribution >= 4 is 35.3 Å². The molecule has 0 atom stereocenters. The number of hydrogen-bond donors (Lipinski definition) is 2. The summed E-state index contributed by atoms with van der Waals surface area (Å²) >= 11 is 12.5. The highest BCUT2D eigenvalue weighted by atomic mass is 35.5. The fourth-order valence-corrected chi connectivity index (χ4v) is 3.54. The van der Waals surface area contributed by atoms with Crippen molar-refractivity contribution in [2.75, 3.05) is 7.05 Å². The number of nitrogens with two attached hydrogens (primary N) is 1. The van der Waals surface area contributed by atoms with Crippen LogP contribution in [-0.2, 0) is 17.9 Å². The van der Waals surface area contributed by atoms with Crippen LogP contribution in [0.5, 0.6) is 0 Å². The van der Waals surface area contributed by atoms with Gasteiger partial charge >= 0.3 is 0 Å². The third-order valence-corrected chi connectivity index (χ3v) is 5.12. The first-order chi connectivity index (χ1) is 14.3. The number of nitrogens with one attached hydrogen (secondary N) is 1. The van der Waals surface area contributed by atoms with Gasteiger partial charge in [-0.1, -0.05) is 23.2 Å². The Morgan fingerprint density at radius 2 is 2.13 bits per heavy atom. The van der Waals surface area contributed by atoms with E-state index < -0.39 is 0 Å². The second-order valence-corrected chi connectivity index (χ2v) is 7.48. The van der Waals surface area contributed by atoms with Gasteiger partial charge < -0.3 is 15.1 Å². The van der Waals surface area contributed by atoms with E-state index in [1.54, 1.807) is 50.6 Å². The molecule has 1 amide bonds. The molecule has 3 N–H and O–H groups in total. The van der Waals surface area contributed by atoms with Crippen LogP contribution in [0.15, 0.2) is 47.1 Å². The minimum Gasteiger partial charge on any atom is -0.467 e. The lowest BCUT2D eigenvalue weighted by Crippen LogP contribution is -2.27. The van der Waals surface area contributed by atoms with E-state index in [0.717, 1.165) is 5.56 Å². The van der Waals surface area contributed by atoms with Crippen molar-refractivity contribution in [2.24, 2.45) is 5.73 Å². The molecule has 7 nitrogen and oxygen atoms in total. The van der Waals surface area contributed by atoms with Crippen LogP contribution in [0.1, 0.15) is 17.0 Å². The maximum absolute atomic E-state index is 12.6. The molecule has 0 spiro atoms. The molecule has 30 heavy (non-hydrogen) atoms. The van der Waals surface area contributed by atoms with Crippen LogP contribution >= 0.6 is 23.2 Å². The number of benzene rings is 1. The summed E-state index contributed by atoms with van der Waals surface area (Å²) in [4.78, 5) is 18.3. The molecule has 9 heteroatoms. The number of likely N-dealkylation sites (N-methyl/N-ethyl adjacent to an activating group) is 1. The average molecular weight is 446 g/mol. The number of aromatic nitrogens is 2. The second-order valence-electron chi connectivity index (χ2n) is 6.64. The molecule has 1 aromatic carbocycles. The van der Waals surface area contributed by atoms with Gasteiger partial charge in [-0.3, -0.25) is 14.8 Å². The van der Waals surface area contributed by atoms with Crippen LogP contribution in [0.3, 0.4) is 0 Å². The van der Waals surface area contributed by atoms with E-state index in [1.807, 2.05) is 0 Å². The summed E-state index contributed by atoms with van der Waals surface area (Å²) in [6.07, 6.45) is 4.42. The molecule has 3 aromatic rings. The second kappa shape index (κ2) is 9.30. The number of carbonyl (C=O) groups excluding carboxylic acids is 1. The van der Waals surface area contributed by atoms with Crippen molar-refractivity contribution in [1.29, 1.82) is 5.41 Å². The van der Waals surface area contributed by atoms with Crippen molar-refractivity contribution in [3.63, 3.8) is 0 Å². The van der Waals surface area contributed by atoms with Crippen molar-refractivity contribution in [1.82, 2.24) is 14.5 Å². The molecule has 0 radical (unpaired) electrons. The summed E-state index contributed by atoms with van der Waals surface area (Å²) < 4.78 is 6.77. The number of amides is 1. The average Bonchev–Trinajstić information content (AvgIpc) is 3.20. The molecule has 3 rings (SSSR count). The lowest BCUT2D eigenvalue weighted by molar-refractivity contribution is -0.125. The van der Waals surface area contributed by atoms with Gasteiger partial charge in [0.1, 0.15) is 5.76 Å². The highest BCUT2D eigenvalue weighted by molar-refractivity contribution is 6.36. The third kappa shape index (κ3) is 4.64. The Balaban J connectivity index is 2.04. The number of aryl methyl sites for hydroxylation is 1. The SMILES string of the molecule is Cc1nc(=N)n(/C=C/C(=O)N(C)Cc2ccco2)c(-c2ccc(Cl)cc2Cl)c1CN. The zero-order valence-electron chi connectivity index (χ0n) is 16.5. The number of hydrogen-bond acceptors (Lipinski definition) is 5. The Kier molecular flexibility index (Phi) is 6.77. The van der Waals surface area contributed by atoms with E-state index in [4.69, 9.17) is 38.8 Å². The number of furan rings is 1. The highest BCUT2D eigenvalue weighted by Crippen LogP contribution is 2.32. The molecular formula is C21H21Cl2N5O2. The van der Waals surface area contributed by atoms with Crippen LogP contribution in [0.25, 0.3) is 17.5 Å². The summed E-state index contributed by atoms with van der Waals surface area (Å²) in [6.45, 7) is 2.29. The lowest BCUT2D eigenvalue weighted by Gasteiger charge is -2.18. The molecule has 0 fully saturated rings. The lowest BCUT2D eigenvalue weighted by atomic mass is 10.0. The van der Waals surface area contributed by atoms with E-state index in [-0.39, 0.29) is 18.1 Å². The van der Waals surface area contributed by atoms with Crippen molar-refractivity contribution in [3.8, 4) is 11.3 Å². The van der Waals surface area contributed by atoms with Crippen molar-refractivity contribution in [3.05, 3.63) is 75.4 Å². The van der Waals surface area contributed by atoms with E-state index in [0.29, 0.717) is 39.3 Å². The molecular weight excluding hydrogens is 425 g/mol. The van der Waals surface area contributed by atoms with Crippen LogP contribution in [0.4, 0.5) is 0 Å². The Hall–Kier alpha value is -2.87. The first-order valence-corrected chi connectivity index (χ1v) is 9.85. The summed E-state index contributed by atoms with van der Waals surface area (Å²) in [7, 11) is 1.66. The van der Waals surface area contributed by atoms with Gasteiger partial charge in [0.25, 0.3) is 0 Å². The minimum atomic E-state index is -0.263. The van der Waals surface area contributed by atoms with Crippen LogP contribution in [0, 0.1) is 12.3 Å². The Labute approximate surface area is 183 Å². The molecule has 0 aliphatic heterocycles. The monoisotopic (exact) mass is 445 g/mol. The zero-order chi connectivity index (χ0) is 21.8. The highest BCUT2D eigenvalue weighted by Gasteiger charge is 2.17. The predicted molar refractivity (Wildman–Crippen MR) is 117 cm³/mol. The standard InChI is InChI=1S/C21H21Cl2N5O2/c1-13-17(11-24)20(16-6-5-14(22)10-18(16)23)28(21(25)26-13)8-7-19(29)27(2)12-15-4-3-9-30-15/h3-10,25H,11-12,24H2,1-2H3/b8-7+,25-21?. The Morgan fingerprint density at radius 3 is 2.77 bits per heavy atom. The molecule has 2 aromatic heterocycles. The molecule has 0 bridgehead atoms. The van der Waals surface area contributed by atoms with Crippen LogP contribution in [-0.4, -0.2) is 27.4 Å². The van der Waals surface area contributed by atoms with E-state index >= 15 is 0 Å². The number of halogens is 2. The molecule has 0 unspecified atom stereocenters. The first-order valence-electron chi connectivity index (χ1n) is 9.09. The quantitative estimate of drug-likeness (QED) is 0.562. The summed E-state index contributed by atoms with van der Waals surface area (Å²) in [5.74, 6) is 0.408. The van der Waals surface area contributed by atoms with E-state index in [9.17, 15) is 4.79 Å². The zero-order valence-corrected chi connectivity index (χ0v) is 18.0. The number of nitrogens with zero attached hydrogens (tertiary/aromatic N) is 3. The first kappa shape index (κ1) is 21.8. The topological polar surface area (TPSA) is 101 Å². The molecule has 0 saturated heterocycles. The number of carbonyl (C=O) groups is 1. The van der Waals surface area contributed by atoms with Gasteiger partial charge in [0, 0.05) is 47.7 Å². The predicted octanol–water partition coefficient (Wildman–Crippen LogP) is 3.83. The summed E-state index contributed by atoms with van der Waals surface area (Å²) in [5, 5.41) is 9.25. The largest absolute Gasteiger partial charge is 0.467 e. The van der Waals surface area contributed by atoms with Gasteiger partial charge in [-0.25, -0.2) is 4.98 Å². The van der Waals surface area contributed by atoms with Crippen LogP contribution < -0.4 is 11.4 Å².